The molecule has 1 aromatic carbocycles. The zero-order valence-corrected chi connectivity index (χ0v) is 11.2. The first-order chi connectivity index (χ1) is 8.59. The van der Waals surface area contributed by atoms with Gasteiger partial charge in [-0.1, -0.05) is 18.2 Å². The molecule has 0 aliphatic carbocycles. The van der Waals surface area contributed by atoms with E-state index in [4.69, 9.17) is 4.74 Å². The minimum absolute atomic E-state index is 0.0382. The molecule has 0 amide bonds. The number of rotatable bonds is 5. The first-order valence-corrected chi connectivity index (χ1v) is 6.70. The van der Waals surface area contributed by atoms with Gasteiger partial charge in [0.25, 0.3) is 0 Å². The molecule has 0 saturated carbocycles. The van der Waals surface area contributed by atoms with Gasteiger partial charge in [-0.3, -0.25) is 0 Å². The molecule has 0 bridgehead atoms. The molecule has 2 unspecified atom stereocenters. The van der Waals surface area contributed by atoms with Crippen LogP contribution in [0.15, 0.2) is 24.3 Å². The van der Waals surface area contributed by atoms with E-state index in [0.717, 1.165) is 31.6 Å². The SMILES string of the molecule is CC(Cc1ccccc1F)NCC1(C)CCCO1. The van der Waals surface area contributed by atoms with Crippen molar-refractivity contribution in [1.29, 1.82) is 0 Å². The van der Waals surface area contributed by atoms with Crippen LogP contribution in [0.3, 0.4) is 0 Å². The Morgan fingerprint density at radius 2 is 2.22 bits per heavy atom. The summed E-state index contributed by atoms with van der Waals surface area (Å²) >= 11 is 0. The van der Waals surface area contributed by atoms with E-state index in [-0.39, 0.29) is 17.5 Å². The van der Waals surface area contributed by atoms with Crippen LogP contribution in [0.4, 0.5) is 4.39 Å². The predicted octanol–water partition coefficient (Wildman–Crippen LogP) is 2.92. The summed E-state index contributed by atoms with van der Waals surface area (Å²) in [5.41, 5.74) is 0.735. The highest BCUT2D eigenvalue weighted by molar-refractivity contribution is 5.18. The second-order valence-corrected chi connectivity index (χ2v) is 5.48. The van der Waals surface area contributed by atoms with Gasteiger partial charge in [-0.05, 0) is 44.7 Å². The minimum Gasteiger partial charge on any atom is -0.374 e. The van der Waals surface area contributed by atoms with Crippen molar-refractivity contribution in [2.24, 2.45) is 0 Å². The summed E-state index contributed by atoms with van der Waals surface area (Å²) in [5, 5.41) is 3.45. The quantitative estimate of drug-likeness (QED) is 0.868. The molecule has 1 aromatic rings. The summed E-state index contributed by atoms with van der Waals surface area (Å²) < 4.78 is 19.2. The van der Waals surface area contributed by atoms with Crippen LogP contribution in [-0.4, -0.2) is 24.8 Å². The molecule has 1 N–H and O–H groups in total. The second-order valence-electron chi connectivity index (χ2n) is 5.48. The summed E-state index contributed by atoms with van der Waals surface area (Å²) in [4.78, 5) is 0. The van der Waals surface area contributed by atoms with Gasteiger partial charge >= 0.3 is 0 Å². The van der Waals surface area contributed by atoms with E-state index < -0.39 is 0 Å². The third kappa shape index (κ3) is 3.53. The fraction of sp³-hybridized carbons (Fsp3) is 0.600. The molecular formula is C15H22FNO. The first kappa shape index (κ1) is 13.5. The Bertz CT molecular complexity index is 388. The van der Waals surface area contributed by atoms with E-state index in [0.29, 0.717) is 6.42 Å². The molecule has 1 heterocycles. The first-order valence-electron chi connectivity index (χ1n) is 6.70. The molecule has 1 saturated heterocycles. The monoisotopic (exact) mass is 251 g/mol. The van der Waals surface area contributed by atoms with E-state index in [1.54, 1.807) is 6.07 Å². The summed E-state index contributed by atoms with van der Waals surface area (Å²) in [7, 11) is 0. The standard InChI is InChI=1S/C15H22FNO/c1-12(10-13-6-3-4-7-14(13)16)17-11-15(2)8-5-9-18-15/h3-4,6-7,12,17H,5,8-11H2,1-2H3. The Morgan fingerprint density at radius 3 is 2.89 bits per heavy atom. The lowest BCUT2D eigenvalue weighted by Crippen LogP contribution is -2.41. The van der Waals surface area contributed by atoms with E-state index in [2.05, 4.69) is 19.2 Å². The van der Waals surface area contributed by atoms with Crippen molar-refractivity contribution in [1.82, 2.24) is 5.32 Å². The van der Waals surface area contributed by atoms with Gasteiger partial charge in [-0.2, -0.15) is 0 Å². The Balaban J connectivity index is 1.82. The molecular weight excluding hydrogens is 229 g/mol. The Morgan fingerprint density at radius 1 is 1.44 bits per heavy atom. The van der Waals surface area contributed by atoms with Crippen LogP contribution < -0.4 is 5.32 Å². The van der Waals surface area contributed by atoms with E-state index >= 15 is 0 Å². The van der Waals surface area contributed by atoms with Gasteiger partial charge in [-0.15, -0.1) is 0 Å². The summed E-state index contributed by atoms with van der Waals surface area (Å²) in [6.45, 7) is 5.93. The molecule has 0 spiro atoms. The lowest BCUT2D eigenvalue weighted by atomic mass is 10.0. The Hall–Kier alpha value is -0.930. The van der Waals surface area contributed by atoms with Gasteiger partial charge < -0.3 is 10.1 Å². The fourth-order valence-electron chi connectivity index (χ4n) is 2.43. The van der Waals surface area contributed by atoms with Crippen molar-refractivity contribution in [3.8, 4) is 0 Å². The van der Waals surface area contributed by atoms with Crippen LogP contribution in [0.2, 0.25) is 0 Å². The zero-order chi connectivity index (χ0) is 13.0. The summed E-state index contributed by atoms with van der Waals surface area (Å²) in [5.74, 6) is -0.116. The zero-order valence-electron chi connectivity index (χ0n) is 11.2. The molecule has 2 atom stereocenters. The van der Waals surface area contributed by atoms with Gasteiger partial charge in [-0.25, -0.2) is 4.39 Å². The highest BCUT2D eigenvalue weighted by atomic mass is 19.1. The van der Waals surface area contributed by atoms with Crippen molar-refractivity contribution in [3.05, 3.63) is 35.6 Å². The molecule has 0 aromatic heterocycles. The molecule has 0 radical (unpaired) electrons. The topological polar surface area (TPSA) is 21.3 Å². The van der Waals surface area contributed by atoms with Gasteiger partial charge in [0.05, 0.1) is 5.60 Å². The van der Waals surface area contributed by atoms with E-state index in [9.17, 15) is 4.39 Å². The van der Waals surface area contributed by atoms with Crippen molar-refractivity contribution < 1.29 is 9.13 Å². The lowest BCUT2D eigenvalue weighted by molar-refractivity contribution is 0.0191. The summed E-state index contributed by atoms with van der Waals surface area (Å²) in [6.07, 6.45) is 2.95. The number of halogens is 1. The van der Waals surface area contributed by atoms with Gasteiger partial charge in [0.2, 0.25) is 0 Å². The molecule has 100 valence electrons. The van der Waals surface area contributed by atoms with Crippen LogP contribution in [0.5, 0.6) is 0 Å². The normalized spacial score (nSPS) is 25.3. The van der Waals surface area contributed by atoms with Crippen LogP contribution in [0.1, 0.15) is 32.3 Å². The maximum Gasteiger partial charge on any atom is 0.126 e. The predicted molar refractivity (Wildman–Crippen MR) is 71.2 cm³/mol. The third-order valence-corrected chi connectivity index (χ3v) is 3.61. The average molecular weight is 251 g/mol. The molecule has 2 rings (SSSR count). The number of benzene rings is 1. The van der Waals surface area contributed by atoms with Crippen LogP contribution in [0, 0.1) is 5.82 Å². The van der Waals surface area contributed by atoms with E-state index in [1.165, 1.54) is 6.07 Å². The molecule has 2 nitrogen and oxygen atoms in total. The maximum atomic E-state index is 13.5. The molecule has 1 aliphatic rings. The molecule has 1 fully saturated rings. The van der Waals surface area contributed by atoms with Crippen molar-refractivity contribution in [3.63, 3.8) is 0 Å². The van der Waals surface area contributed by atoms with Crippen LogP contribution in [-0.2, 0) is 11.2 Å². The van der Waals surface area contributed by atoms with Gasteiger partial charge in [0.1, 0.15) is 5.82 Å². The highest BCUT2D eigenvalue weighted by Gasteiger charge is 2.29. The number of nitrogens with one attached hydrogen (secondary N) is 1. The minimum atomic E-state index is -0.116. The summed E-state index contributed by atoms with van der Waals surface area (Å²) in [6, 6.07) is 7.23. The van der Waals surface area contributed by atoms with Crippen LogP contribution in [0.25, 0.3) is 0 Å². The van der Waals surface area contributed by atoms with Crippen molar-refractivity contribution in [2.45, 2.75) is 44.8 Å². The molecule has 3 heteroatoms. The highest BCUT2D eigenvalue weighted by Crippen LogP contribution is 2.24. The Labute approximate surface area is 109 Å². The number of hydrogen-bond donors (Lipinski definition) is 1. The van der Waals surface area contributed by atoms with Crippen molar-refractivity contribution >= 4 is 0 Å². The van der Waals surface area contributed by atoms with Gasteiger partial charge in [0.15, 0.2) is 0 Å². The van der Waals surface area contributed by atoms with Crippen molar-refractivity contribution in [2.75, 3.05) is 13.2 Å². The smallest absolute Gasteiger partial charge is 0.126 e. The largest absolute Gasteiger partial charge is 0.374 e. The molecule has 18 heavy (non-hydrogen) atoms. The van der Waals surface area contributed by atoms with Gasteiger partial charge in [0, 0.05) is 19.2 Å². The number of ether oxygens (including phenoxy) is 1. The van der Waals surface area contributed by atoms with E-state index in [1.807, 2.05) is 12.1 Å². The lowest BCUT2D eigenvalue weighted by Gasteiger charge is -2.26. The maximum absolute atomic E-state index is 13.5. The van der Waals surface area contributed by atoms with Crippen LogP contribution >= 0.6 is 0 Å². The fourth-order valence-corrected chi connectivity index (χ4v) is 2.43. The third-order valence-electron chi connectivity index (χ3n) is 3.61. The second kappa shape index (κ2) is 5.81. The number of hydrogen-bond acceptors (Lipinski definition) is 2. The Kier molecular flexibility index (Phi) is 4.36. The average Bonchev–Trinajstić information content (AvgIpc) is 2.77. The molecule has 1 aliphatic heterocycles.